The Labute approximate surface area is 165 Å². The van der Waals surface area contributed by atoms with Crippen molar-refractivity contribution >= 4 is 0 Å². The van der Waals surface area contributed by atoms with E-state index in [1.165, 1.54) is 75.3 Å². The lowest BCUT2D eigenvalue weighted by molar-refractivity contribution is -0.00337. The van der Waals surface area contributed by atoms with Crippen molar-refractivity contribution in [2.24, 2.45) is 11.8 Å². The number of aryl methyl sites for hydroxylation is 1. The van der Waals surface area contributed by atoms with Gasteiger partial charge in [-0.25, -0.2) is 0 Å². The third kappa shape index (κ3) is 6.22. The first-order valence-corrected chi connectivity index (χ1v) is 11.0. The largest absolute Gasteiger partial charge is 0.378 e. The molecule has 0 bridgehead atoms. The van der Waals surface area contributed by atoms with Gasteiger partial charge in [0.15, 0.2) is 0 Å². The lowest BCUT2D eigenvalue weighted by atomic mass is 9.81. The molecule has 0 aromatic heterocycles. The average Bonchev–Trinajstić information content (AvgIpc) is 2.73. The predicted octanol–water partition coefficient (Wildman–Crippen LogP) is 6.57. The number of hydrogen-bond donors (Lipinski definition) is 0. The molecule has 2 heteroatoms. The van der Waals surface area contributed by atoms with Crippen LogP contribution in [0.1, 0.15) is 81.8 Å². The zero-order chi connectivity index (χ0) is 18.9. The molecule has 0 amide bonds. The molecule has 0 unspecified atom stereocenters. The standard InChI is InChI=1S/C25H35NO/c1-2-4-20-10-12-23(13-11-20)24-14-16-25(17-15-24)27-19-22-8-6-21(7-9-22)5-3-18-26/h3,5,10-13,21-22,24-25H,2,4,6-9,14-17,19H2,1H3. The highest BCUT2D eigenvalue weighted by Crippen LogP contribution is 2.35. The van der Waals surface area contributed by atoms with Gasteiger partial charge in [0, 0.05) is 12.7 Å². The van der Waals surface area contributed by atoms with Crippen LogP contribution in [-0.4, -0.2) is 12.7 Å². The number of allylic oxidation sites excluding steroid dienone is 2. The van der Waals surface area contributed by atoms with Crippen molar-refractivity contribution in [3.05, 3.63) is 47.5 Å². The second-order valence-electron chi connectivity index (χ2n) is 8.57. The molecule has 2 nitrogen and oxygen atoms in total. The summed E-state index contributed by atoms with van der Waals surface area (Å²) in [4.78, 5) is 0. The number of nitrogens with zero attached hydrogens (tertiary/aromatic N) is 1. The molecule has 0 aliphatic heterocycles. The summed E-state index contributed by atoms with van der Waals surface area (Å²) in [5, 5.41) is 8.65. The molecule has 27 heavy (non-hydrogen) atoms. The number of ether oxygens (including phenoxy) is 1. The quantitative estimate of drug-likeness (QED) is 0.512. The normalized spacial score (nSPS) is 28.9. The third-order valence-electron chi connectivity index (χ3n) is 6.57. The van der Waals surface area contributed by atoms with Crippen molar-refractivity contribution in [1.29, 1.82) is 5.26 Å². The number of nitriles is 1. The molecule has 0 N–H and O–H groups in total. The first kappa shape index (κ1) is 20.2. The highest BCUT2D eigenvalue weighted by atomic mass is 16.5. The van der Waals surface area contributed by atoms with Gasteiger partial charge in [-0.1, -0.05) is 43.7 Å². The highest BCUT2D eigenvalue weighted by Gasteiger charge is 2.25. The lowest BCUT2D eigenvalue weighted by Crippen LogP contribution is -2.25. The van der Waals surface area contributed by atoms with Crippen LogP contribution in [-0.2, 0) is 11.2 Å². The monoisotopic (exact) mass is 365 g/mol. The molecule has 3 rings (SSSR count). The molecule has 0 saturated heterocycles. The van der Waals surface area contributed by atoms with Gasteiger partial charge in [0.05, 0.1) is 12.2 Å². The molecule has 1 aromatic carbocycles. The Morgan fingerprint density at radius 3 is 2.33 bits per heavy atom. The van der Waals surface area contributed by atoms with E-state index < -0.39 is 0 Å². The van der Waals surface area contributed by atoms with Gasteiger partial charge in [-0.15, -0.1) is 0 Å². The van der Waals surface area contributed by atoms with E-state index in [4.69, 9.17) is 10.00 Å². The molecule has 2 fully saturated rings. The van der Waals surface area contributed by atoms with E-state index in [1.54, 1.807) is 6.08 Å². The van der Waals surface area contributed by atoms with E-state index in [9.17, 15) is 0 Å². The molecule has 2 aliphatic rings. The first-order valence-electron chi connectivity index (χ1n) is 11.0. The molecule has 2 aliphatic carbocycles. The fourth-order valence-corrected chi connectivity index (χ4v) is 4.81. The Morgan fingerprint density at radius 2 is 1.70 bits per heavy atom. The van der Waals surface area contributed by atoms with Crippen LogP contribution in [0.25, 0.3) is 0 Å². The Hall–Kier alpha value is -1.59. The second-order valence-corrected chi connectivity index (χ2v) is 8.57. The molecule has 2 saturated carbocycles. The van der Waals surface area contributed by atoms with Crippen LogP contribution >= 0.6 is 0 Å². The summed E-state index contributed by atoms with van der Waals surface area (Å²) >= 11 is 0. The minimum atomic E-state index is 0.469. The Bertz CT molecular complexity index is 611. The summed E-state index contributed by atoms with van der Waals surface area (Å²) in [5.74, 6) is 2.06. The van der Waals surface area contributed by atoms with Crippen molar-refractivity contribution in [3.8, 4) is 6.07 Å². The van der Waals surface area contributed by atoms with Crippen molar-refractivity contribution < 1.29 is 4.74 Å². The molecule has 0 radical (unpaired) electrons. The minimum Gasteiger partial charge on any atom is -0.378 e. The van der Waals surface area contributed by atoms with Crippen molar-refractivity contribution in [2.75, 3.05) is 6.61 Å². The van der Waals surface area contributed by atoms with Gasteiger partial charge in [-0.05, 0) is 86.7 Å². The zero-order valence-corrected chi connectivity index (χ0v) is 16.9. The van der Waals surface area contributed by atoms with Gasteiger partial charge >= 0.3 is 0 Å². The molecule has 0 heterocycles. The maximum Gasteiger partial charge on any atom is 0.0908 e. The highest BCUT2D eigenvalue weighted by molar-refractivity contribution is 5.26. The van der Waals surface area contributed by atoms with Crippen LogP contribution in [0.5, 0.6) is 0 Å². The maximum absolute atomic E-state index is 8.65. The molecule has 0 spiro atoms. The van der Waals surface area contributed by atoms with Crippen LogP contribution < -0.4 is 0 Å². The van der Waals surface area contributed by atoms with E-state index in [1.807, 2.05) is 0 Å². The Morgan fingerprint density at radius 1 is 1.00 bits per heavy atom. The fourth-order valence-electron chi connectivity index (χ4n) is 4.81. The molecular formula is C25H35NO. The van der Waals surface area contributed by atoms with Crippen LogP contribution in [0.2, 0.25) is 0 Å². The minimum absolute atomic E-state index is 0.469. The molecule has 146 valence electrons. The SMILES string of the molecule is CCCc1ccc(C2CCC(OCC3CCC(C=CC#N)CC3)CC2)cc1. The number of benzene rings is 1. The van der Waals surface area contributed by atoms with E-state index in [0.717, 1.165) is 18.4 Å². The molecular weight excluding hydrogens is 330 g/mol. The third-order valence-corrected chi connectivity index (χ3v) is 6.57. The van der Waals surface area contributed by atoms with Crippen molar-refractivity contribution in [2.45, 2.75) is 83.2 Å². The summed E-state index contributed by atoms with van der Waals surface area (Å²) in [6.07, 6.45) is 16.5. The fraction of sp³-hybridized carbons (Fsp3) is 0.640. The van der Waals surface area contributed by atoms with Gasteiger partial charge < -0.3 is 4.74 Å². The summed E-state index contributed by atoms with van der Waals surface area (Å²) in [6, 6.07) is 11.5. The van der Waals surface area contributed by atoms with Crippen molar-refractivity contribution in [1.82, 2.24) is 0 Å². The smallest absolute Gasteiger partial charge is 0.0908 e. The van der Waals surface area contributed by atoms with Gasteiger partial charge in [0.25, 0.3) is 0 Å². The summed E-state index contributed by atoms with van der Waals surface area (Å²) in [7, 11) is 0. The second kappa shape index (κ2) is 10.7. The van der Waals surface area contributed by atoms with Gasteiger partial charge in [0.1, 0.15) is 0 Å². The van der Waals surface area contributed by atoms with Crippen molar-refractivity contribution in [3.63, 3.8) is 0 Å². The number of rotatable bonds is 7. The maximum atomic E-state index is 8.65. The lowest BCUT2D eigenvalue weighted by Gasteiger charge is -2.32. The summed E-state index contributed by atoms with van der Waals surface area (Å²) < 4.78 is 6.30. The Kier molecular flexibility index (Phi) is 7.96. The van der Waals surface area contributed by atoms with E-state index in [-0.39, 0.29) is 0 Å². The summed E-state index contributed by atoms with van der Waals surface area (Å²) in [5.41, 5.74) is 2.99. The molecule has 0 atom stereocenters. The predicted molar refractivity (Wildman–Crippen MR) is 112 cm³/mol. The Balaban J connectivity index is 1.35. The summed E-state index contributed by atoms with van der Waals surface area (Å²) in [6.45, 7) is 3.18. The van der Waals surface area contributed by atoms with Gasteiger partial charge in [-0.3, -0.25) is 0 Å². The zero-order valence-electron chi connectivity index (χ0n) is 16.9. The van der Waals surface area contributed by atoms with Crippen LogP contribution in [0.3, 0.4) is 0 Å². The van der Waals surface area contributed by atoms with Crippen LogP contribution in [0.4, 0.5) is 0 Å². The van der Waals surface area contributed by atoms with Gasteiger partial charge in [0.2, 0.25) is 0 Å². The molecule has 1 aromatic rings. The number of hydrogen-bond acceptors (Lipinski definition) is 2. The average molecular weight is 366 g/mol. The van der Waals surface area contributed by atoms with Crippen LogP contribution in [0.15, 0.2) is 36.4 Å². The topological polar surface area (TPSA) is 33.0 Å². The van der Waals surface area contributed by atoms with E-state index in [0.29, 0.717) is 12.0 Å². The first-order chi connectivity index (χ1) is 13.3. The van der Waals surface area contributed by atoms with Crippen LogP contribution in [0, 0.1) is 23.2 Å². The van der Waals surface area contributed by atoms with E-state index >= 15 is 0 Å². The van der Waals surface area contributed by atoms with Gasteiger partial charge in [-0.2, -0.15) is 5.26 Å². The van der Waals surface area contributed by atoms with E-state index in [2.05, 4.69) is 43.3 Å².